The topological polar surface area (TPSA) is 98.6 Å². The van der Waals surface area contributed by atoms with E-state index in [4.69, 9.17) is 15.6 Å². The Kier molecular flexibility index (Phi) is 6.50. The monoisotopic (exact) mass is 465 g/mol. The molecule has 7 nitrogen and oxygen atoms in total. The van der Waals surface area contributed by atoms with E-state index in [1.807, 2.05) is 12.1 Å². The number of pyridine rings is 1. The highest BCUT2D eigenvalue weighted by atomic mass is 79.9. The molecule has 0 saturated carbocycles. The number of fused-ring (bicyclic) bond motifs is 1. The fourth-order valence-electron chi connectivity index (χ4n) is 2.92. The third-order valence-electron chi connectivity index (χ3n) is 4.60. The Morgan fingerprint density at radius 3 is 2.55 bits per heavy atom. The molecule has 0 spiro atoms. The number of rotatable bonds is 1. The van der Waals surface area contributed by atoms with Gasteiger partial charge in [0.2, 0.25) is 5.95 Å². The van der Waals surface area contributed by atoms with Gasteiger partial charge in [-0.15, -0.1) is 5.10 Å². The zero-order valence-electron chi connectivity index (χ0n) is 16.7. The Hall–Kier alpha value is -2.10. The van der Waals surface area contributed by atoms with Crippen LogP contribution < -0.4 is 5.73 Å². The number of nitrogens with two attached hydrogens (primary N) is 1. The van der Waals surface area contributed by atoms with Crippen molar-refractivity contribution < 1.29 is 14.2 Å². The largest absolute Gasteiger partial charge is 0.391 e. The van der Waals surface area contributed by atoms with Crippen molar-refractivity contribution in [1.29, 1.82) is 0 Å². The summed E-state index contributed by atoms with van der Waals surface area (Å²) in [5.74, 6) is -0.362. The molecule has 3 N–H and O–H groups in total. The molecule has 0 bridgehead atoms. The fourth-order valence-corrected chi connectivity index (χ4v) is 3.49. The number of aliphatic hydroxyl groups is 1. The molecule has 1 saturated heterocycles. The molecular weight excluding hydrogens is 441 g/mol. The number of halogens is 2. The summed E-state index contributed by atoms with van der Waals surface area (Å²) in [6, 6.07) is 3.83. The number of hydrogen-bond donors (Lipinski definition) is 2. The molecule has 0 amide bonds. The van der Waals surface area contributed by atoms with Crippen molar-refractivity contribution in [3.63, 3.8) is 0 Å². The van der Waals surface area contributed by atoms with E-state index >= 15 is 0 Å². The molecule has 3 aromatic rings. The van der Waals surface area contributed by atoms with Crippen LogP contribution >= 0.6 is 15.9 Å². The van der Waals surface area contributed by atoms with Crippen LogP contribution in [0.5, 0.6) is 0 Å². The molecule has 29 heavy (non-hydrogen) atoms. The van der Waals surface area contributed by atoms with Crippen molar-refractivity contribution in [2.24, 2.45) is 0 Å². The molecule has 9 heteroatoms. The molecule has 4 heterocycles. The highest BCUT2D eigenvalue weighted by Crippen LogP contribution is 2.34. The van der Waals surface area contributed by atoms with Gasteiger partial charge in [0, 0.05) is 12.8 Å². The summed E-state index contributed by atoms with van der Waals surface area (Å²) < 4.78 is 20.9. The maximum atomic E-state index is 14.3. The molecular formula is C20H25BrFN5O2. The lowest BCUT2D eigenvalue weighted by molar-refractivity contribution is -0.00535. The molecule has 0 radical (unpaired) electrons. The lowest BCUT2D eigenvalue weighted by Gasteiger charge is -2.18. The Balaban J connectivity index is 0.000000290. The fraction of sp³-hybridized carbons (Fsp3) is 0.450. The molecule has 156 valence electrons. The summed E-state index contributed by atoms with van der Waals surface area (Å²) >= 11 is 3.27. The normalized spacial score (nSPS) is 17.1. The minimum absolute atomic E-state index is 0.00183. The van der Waals surface area contributed by atoms with Crippen molar-refractivity contribution in [2.75, 3.05) is 18.9 Å². The first-order chi connectivity index (χ1) is 13.7. The summed E-state index contributed by atoms with van der Waals surface area (Å²) in [4.78, 5) is 8.28. The molecule has 1 aliphatic rings. The van der Waals surface area contributed by atoms with Gasteiger partial charge in [-0.05, 0) is 45.8 Å². The average molecular weight is 466 g/mol. The third kappa shape index (κ3) is 4.91. The van der Waals surface area contributed by atoms with Crippen LogP contribution in [0.3, 0.4) is 0 Å². The van der Waals surface area contributed by atoms with E-state index in [1.54, 1.807) is 6.20 Å². The Morgan fingerprint density at radius 1 is 1.28 bits per heavy atom. The number of aliphatic hydroxyl groups excluding tert-OH is 1. The van der Waals surface area contributed by atoms with Crippen LogP contribution in [-0.2, 0) is 10.2 Å². The van der Waals surface area contributed by atoms with Gasteiger partial charge in [-0.25, -0.2) is 13.9 Å². The Bertz CT molecular complexity index is 979. The summed E-state index contributed by atoms with van der Waals surface area (Å²) in [5.41, 5.74) is 8.08. The smallest absolute Gasteiger partial charge is 0.238 e. The average Bonchev–Trinajstić information content (AvgIpc) is 2.92. The van der Waals surface area contributed by atoms with Crippen LogP contribution in [0.1, 0.15) is 39.2 Å². The van der Waals surface area contributed by atoms with E-state index in [1.165, 1.54) is 10.7 Å². The number of ether oxygens (including phenoxy) is 1. The van der Waals surface area contributed by atoms with Gasteiger partial charge in [-0.3, -0.25) is 4.98 Å². The first-order valence-electron chi connectivity index (χ1n) is 9.39. The first-order valence-corrected chi connectivity index (χ1v) is 10.2. The maximum Gasteiger partial charge on any atom is 0.238 e. The quantitative estimate of drug-likeness (QED) is 0.567. The van der Waals surface area contributed by atoms with E-state index in [9.17, 15) is 4.39 Å². The van der Waals surface area contributed by atoms with Gasteiger partial charge >= 0.3 is 0 Å². The van der Waals surface area contributed by atoms with Crippen molar-refractivity contribution in [2.45, 2.75) is 45.1 Å². The van der Waals surface area contributed by atoms with Crippen LogP contribution in [0.15, 0.2) is 29.0 Å². The molecule has 1 fully saturated rings. The highest BCUT2D eigenvalue weighted by molar-refractivity contribution is 9.10. The van der Waals surface area contributed by atoms with Crippen LogP contribution in [0, 0.1) is 5.82 Å². The summed E-state index contributed by atoms with van der Waals surface area (Å²) in [6.07, 6.45) is 4.90. The summed E-state index contributed by atoms with van der Waals surface area (Å²) in [6.45, 7) is 7.71. The van der Waals surface area contributed by atoms with Gasteiger partial charge in [0.1, 0.15) is 11.2 Å². The Labute approximate surface area is 177 Å². The predicted molar refractivity (Wildman–Crippen MR) is 113 cm³/mol. The number of nitrogens with zero attached hydrogens (tertiary/aromatic N) is 4. The second-order valence-electron chi connectivity index (χ2n) is 7.94. The number of anilines is 1. The molecule has 1 aliphatic heterocycles. The minimum atomic E-state index is -0.434. The van der Waals surface area contributed by atoms with Crippen LogP contribution in [-0.4, -0.2) is 44.0 Å². The van der Waals surface area contributed by atoms with Crippen molar-refractivity contribution in [3.8, 4) is 11.4 Å². The van der Waals surface area contributed by atoms with Crippen LogP contribution in [0.2, 0.25) is 0 Å². The van der Waals surface area contributed by atoms with Gasteiger partial charge in [0.25, 0.3) is 0 Å². The zero-order valence-corrected chi connectivity index (χ0v) is 18.3. The highest BCUT2D eigenvalue weighted by Gasteiger charge is 2.21. The predicted octanol–water partition coefficient (Wildman–Crippen LogP) is 3.73. The van der Waals surface area contributed by atoms with Gasteiger partial charge < -0.3 is 15.6 Å². The van der Waals surface area contributed by atoms with E-state index in [0.29, 0.717) is 22.5 Å². The van der Waals surface area contributed by atoms with E-state index in [2.05, 4.69) is 51.8 Å². The van der Waals surface area contributed by atoms with Crippen molar-refractivity contribution >= 4 is 27.4 Å². The molecule has 1 unspecified atom stereocenters. The number of hydrogen-bond acceptors (Lipinski definition) is 6. The summed E-state index contributed by atoms with van der Waals surface area (Å²) in [7, 11) is 0. The van der Waals surface area contributed by atoms with Crippen LogP contribution in [0.4, 0.5) is 10.3 Å². The van der Waals surface area contributed by atoms with Gasteiger partial charge in [0.05, 0.1) is 29.1 Å². The molecule has 3 aromatic heterocycles. The molecule has 0 aliphatic carbocycles. The molecule has 1 atom stereocenters. The van der Waals surface area contributed by atoms with Gasteiger partial charge in [-0.2, -0.15) is 0 Å². The zero-order chi connectivity index (χ0) is 21.2. The lowest BCUT2D eigenvalue weighted by atomic mass is 9.88. The van der Waals surface area contributed by atoms with E-state index in [0.717, 1.165) is 25.0 Å². The van der Waals surface area contributed by atoms with Crippen LogP contribution in [0.25, 0.3) is 16.9 Å². The second kappa shape index (κ2) is 8.73. The van der Waals surface area contributed by atoms with Gasteiger partial charge in [0.15, 0.2) is 5.82 Å². The van der Waals surface area contributed by atoms with Gasteiger partial charge in [-0.1, -0.05) is 26.8 Å². The van der Waals surface area contributed by atoms with Crippen molar-refractivity contribution in [3.05, 3.63) is 40.4 Å². The first kappa shape index (κ1) is 21.6. The third-order valence-corrected chi connectivity index (χ3v) is 5.32. The SMILES string of the molecule is CC(C)(C)c1ccc(-c2c(Br)c(F)c3cnc(N)nn23)nc1.OC1CCCOC1. The summed E-state index contributed by atoms with van der Waals surface area (Å²) in [5, 5.41) is 12.9. The van der Waals surface area contributed by atoms with E-state index in [-0.39, 0.29) is 23.0 Å². The van der Waals surface area contributed by atoms with Crippen molar-refractivity contribution in [1.82, 2.24) is 19.6 Å². The lowest BCUT2D eigenvalue weighted by Crippen LogP contribution is -2.21. The minimum Gasteiger partial charge on any atom is -0.391 e. The second-order valence-corrected chi connectivity index (χ2v) is 8.74. The molecule has 4 rings (SSSR count). The number of aromatic nitrogens is 4. The molecule has 0 aromatic carbocycles. The number of nitrogen functional groups attached to an aromatic ring is 1. The standard InChI is InChI=1S/C15H15BrFN5.C5H10O2/c1-15(2,3)8-4-5-9(19-6-8)13-11(16)12(17)10-7-20-14(18)21-22(10)13;6-5-2-1-3-7-4-5/h4-7H,1-3H3,(H2,18,21);5-6H,1-4H2. The maximum absolute atomic E-state index is 14.3. The van der Waals surface area contributed by atoms with E-state index < -0.39 is 5.82 Å². The Morgan fingerprint density at radius 2 is 2.03 bits per heavy atom.